The van der Waals surface area contributed by atoms with E-state index in [1.165, 1.54) is 0 Å². The Morgan fingerprint density at radius 3 is 2.90 bits per heavy atom. The van der Waals surface area contributed by atoms with Crippen LogP contribution in [0.5, 0.6) is 5.75 Å². The molecule has 1 aliphatic heterocycles. The summed E-state index contributed by atoms with van der Waals surface area (Å²) in [5.74, 6) is 1.75. The van der Waals surface area contributed by atoms with Gasteiger partial charge in [0.1, 0.15) is 17.3 Å². The van der Waals surface area contributed by atoms with Gasteiger partial charge in [0, 0.05) is 56.0 Å². The molecule has 7 nitrogen and oxygen atoms in total. The Morgan fingerprint density at radius 1 is 1.31 bits per heavy atom. The molecule has 1 aromatic carbocycles. The van der Waals surface area contributed by atoms with Crippen molar-refractivity contribution in [3.8, 4) is 17.0 Å². The van der Waals surface area contributed by atoms with Crippen molar-refractivity contribution in [3.05, 3.63) is 36.8 Å². The van der Waals surface area contributed by atoms with Gasteiger partial charge in [-0.2, -0.15) is 0 Å². The summed E-state index contributed by atoms with van der Waals surface area (Å²) in [6.45, 7) is 7.82. The van der Waals surface area contributed by atoms with E-state index in [0.29, 0.717) is 0 Å². The van der Waals surface area contributed by atoms with E-state index in [0.717, 1.165) is 73.2 Å². The van der Waals surface area contributed by atoms with Gasteiger partial charge in [-0.3, -0.25) is 9.38 Å². The molecule has 1 atom stereocenters. The van der Waals surface area contributed by atoms with Gasteiger partial charge in [-0.1, -0.05) is 0 Å². The molecule has 29 heavy (non-hydrogen) atoms. The fourth-order valence-corrected chi connectivity index (χ4v) is 3.94. The smallest absolute Gasteiger partial charge is 0.157 e. The first-order valence-electron chi connectivity index (χ1n) is 10.4. The summed E-state index contributed by atoms with van der Waals surface area (Å²) >= 11 is 0. The van der Waals surface area contributed by atoms with Crippen molar-refractivity contribution in [1.29, 1.82) is 0 Å². The van der Waals surface area contributed by atoms with Crippen LogP contribution in [0.4, 0.5) is 11.5 Å². The van der Waals surface area contributed by atoms with Gasteiger partial charge in [0.15, 0.2) is 5.65 Å². The Labute approximate surface area is 171 Å². The van der Waals surface area contributed by atoms with Crippen LogP contribution in [0.2, 0.25) is 0 Å². The lowest BCUT2D eigenvalue weighted by atomic mass is 10.1. The molecule has 1 fully saturated rings. The van der Waals surface area contributed by atoms with Crippen molar-refractivity contribution < 1.29 is 9.47 Å². The van der Waals surface area contributed by atoms with Crippen LogP contribution >= 0.6 is 0 Å². The Morgan fingerprint density at radius 2 is 2.17 bits per heavy atom. The number of benzene rings is 1. The van der Waals surface area contributed by atoms with Crippen molar-refractivity contribution >= 4 is 17.2 Å². The van der Waals surface area contributed by atoms with E-state index in [9.17, 15) is 0 Å². The number of aromatic nitrogens is 3. The molecule has 3 heterocycles. The fraction of sp³-hybridized carbons (Fsp3) is 0.455. The number of rotatable bonds is 8. The monoisotopic (exact) mass is 395 g/mol. The fourth-order valence-electron chi connectivity index (χ4n) is 3.94. The molecule has 4 rings (SSSR count). The molecule has 1 N–H and O–H groups in total. The van der Waals surface area contributed by atoms with Crippen LogP contribution in [-0.2, 0) is 4.74 Å². The van der Waals surface area contributed by atoms with E-state index in [1.807, 2.05) is 10.6 Å². The van der Waals surface area contributed by atoms with Gasteiger partial charge >= 0.3 is 0 Å². The number of nitrogens with one attached hydrogen (secondary N) is 1. The Kier molecular flexibility index (Phi) is 5.85. The molecule has 0 unspecified atom stereocenters. The standard InChI is InChI=1S/C22H29N5O2/c1-4-26(5-2)16-8-9-18(19(13-16)28-3)21-22(24-14-17-7-6-12-29-17)27-11-10-23-15-20(27)25-21/h8-11,13,15,17,24H,4-7,12,14H2,1-3H3/t17-/m0/s1. The summed E-state index contributed by atoms with van der Waals surface area (Å²) < 4.78 is 13.6. The SMILES string of the molecule is CCN(CC)c1ccc(-c2nc3cnccn3c2NC[C@@H]2CCCO2)c(OC)c1. The van der Waals surface area contributed by atoms with Crippen molar-refractivity contribution in [3.63, 3.8) is 0 Å². The highest BCUT2D eigenvalue weighted by molar-refractivity contribution is 5.81. The van der Waals surface area contributed by atoms with Crippen LogP contribution in [0.1, 0.15) is 26.7 Å². The summed E-state index contributed by atoms with van der Waals surface area (Å²) in [6.07, 6.45) is 7.93. The third-order valence-corrected chi connectivity index (χ3v) is 5.52. The summed E-state index contributed by atoms with van der Waals surface area (Å²) in [4.78, 5) is 11.4. The predicted octanol–water partition coefficient (Wildman–Crippen LogP) is 3.84. The first-order chi connectivity index (χ1) is 14.2. The molecule has 0 amide bonds. The lowest BCUT2D eigenvalue weighted by Gasteiger charge is -2.22. The number of hydrogen-bond donors (Lipinski definition) is 1. The molecular weight excluding hydrogens is 366 g/mol. The number of methoxy groups -OCH3 is 1. The third kappa shape index (κ3) is 3.87. The maximum Gasteiger partial charge on any atom is 0.157 e. The lowest BCUT2D eigenvalue weighted by Crippen LogP contribution is -2.21. The second-order valence-corrected chi connectivity index (χ2v) is 7.19. The molecule has 0 bridgehead atoms. The molecule has 154 valence electrons. The Balaban J connectivity index is 1.75. The lowest BCUT2D eigenvalue weighted by molar-refractivity contribution is 0.120. The topological polar surface area (TPSA) is 63.9 Å². The van der Waals surface area contributed by atoms with Gasteiger partial charge in [-0.15, -0.1) is 0 Å². The summed E-state index contributed by atoms with van der Waals surface area (Å²) in [5.41, 5.74) is 3.77. The maximum atomic E-state index is 5.79. The number of anilines is 2. The highest BCUT2D eigenvalue weighted by Crippen LogP contribution is 2.37. The van der Waals surface area contributed by atoms with E-state index in [1.54, 1.807) is 19.5 Å². The van der Waals surface area contributed by atoms with Gasteiger partial charge in [0.2, 0.25) is 0 Å². The van der Waals surface area contributed by atoms with Crippen molar-refractivity contribution in [2.24, 2.45) is 0 Å². The zero-order chi connectivity index (χ0) is 20.2. The third-order valence-electron chi connectivity index (χ3n) is 5.52. The second kappa shape index (κ2) is 8.69. The first kappa shape index (κ1) is 19.5. The van der Waals surface area contributed by atoms with E-state index in [4.69, 9.17) is 14.5 Å². The minimum Gasteiger partial charge on any atom is -0.496 e. The predicted molar refractivity (Wildman–Crippen MR) is 116 cm³/mol. The second-order valence-electron chi connectivity index (χ2n) is 7.19. The van der Waals surface area contributed by atoms with Gasteiger partial charge in [0.25, 0.3) is 0 Å². The van der Waals surface area contributed by atoms with E-state index >= 15 is 0 Å². The summed E-state index contributed by atoms with van der Waals surface area (Å²) in [5, 5.41) is 3.57. The minimum atomic E-state index is 0.238. The number of hydrogen-bond acceptors (Lipinski definition) is 6. The van der Waals surface area contributed by atoms with Crippen LogP contribution in [0.25, 0.3) is 16.9 Å². The minimum absolute atomic E-state index is 0.238. The van der Waals surface area contributed by atoms with Crippen LogP contribution in [0.3, 0.4) is 0 Å². The Hall–Kier alpha value is -2.80. The van der Waals surface area contributed by atoms with E-state index < -0.39 is 0 Å². The van der Waals surface area contributed by atoms with Crippen LogP contribution < -0.4 is 15.0 Å². The van der Waals surface area contributed by atoms with Gasteiger partial charge < -0.3 is 19.7 Å². The molecule has 1 saturated heterocycles. The van der Waals surface area contributed by atoms with E-state index in [-0.39, 0.29) is 6.10 Å². The molecular formula is C22H29N5O2. The zero-order valence-corrected chi connectivity index (χ0v) is 17.4. The average molecular weight is 396 g/mol. The molecule has 3 aromatic rings. The molecule has 2 aromatic heterocycles. The van der Waals surface area contributed by atoms with Crippen LogP contribution in [0.15, 0.2) is 36.8 Å². The van der Waals surface area contributed by atoms with Crippen molar-refractivity contribution in [1.82, 2.24) is 14.4 Å². The maximum absolute atomic E-state index is 5.79. The first-order valence-corrected chi connectivity index (χ1v) is 10.4. The molecule has 1 aliphatic rings. The molecule has 0 saturated carbocycles. The molecule has 7 heteroatoms. The van der Waals surface area contributed by atoms with Crippen LogP contribution in [-0.4, -0.2) is 53.8 Å². The number of nitrogens with zero attached hydrogens (tertiary/aromatic N) is 4. The normalized spacial score (nSPS) is 16.3. The Bertz CT molecular complexity index is 961. The van der Waals surface area contributed by atoms with Gasteiger partial charge in [-0.25, -0.2) is 4.98 Å². The highest BCUT2D eigenvalue weighted by atomic mass is 16.5. The zero-order valence-electron chi connectivity index (χ0n) is 17.4. The van der Waals surface area contributed by atoms with Crippen molar-refractivity contribution in [2.75, 3.05) is 43.6 Å². The number of imidazole rings is 1. The average Bonchev–Trinajstić information content (AvgIpc) is 3.40. The van der Waals surface area contributed by atoms with E-state index in [2.05, 4.69) is 47.2 Å². The molecule has 0 spiro atoms. The number of ether oxygens (including phenoxy) is 2. The summed E-state index contributed by atoms with van der Waals surface area (Å²) in [7, 11) is 1.71. The van der Waals surface area contributed by atoms with Crippen LogP contribution in [0, 0.1) is 0 Å². The molecule has 0 radical (unpaired) electrons. The van der Waals surface area contributed by atoms with Gasteiger partial charge in [-0.05, 0) is 38.8 Å². The highest BCUT2D eigenvalue weighted by Gasteiger charge is 2.21. The quantitative estimate of drug-likeness (QED) is 0.625. The van der Waals surface area contributed by atoms with Crippen molar-refractivity contribution in [2.45, 2.75) is 32.8 Å². The molecule has 0 aliphatic carbocycles. The largest absolute Gasteiger partial charge is 0.496 e. The summed E-state index contributed by atoms with van der Waals surface area (Å²) in [6, 6.07) is 6.32. The number of fused-ring (bicyclic) bond motifs is 1. The van der Waals surface area contributed by atoms with Gasteiger partial charge in [0.05, 0.1) is 19.4 Å².